The highest BCUT2D eigenvalue weighted by molar-refractivity contribution is 6.36. The Morgan fingerprint density at radius 2 is 2.10 bits per heavy atom. The van der Waals surface area contributed by atoms with Crippen LogP contribution in [0.5, 0.6) is 0 Å². The van der Waals surface area contributed by atoms with Crippen molar-refractivity contribution < 1.29 is 19.1 Å². The van der Waals surface area contributed by atoms with Gasteiger partial charge in [-0.3, -0.25) is 14.5 Å². The highest BCUT2D eigenvalue weighted by Crippen LogP contribution is 2.41. The molecule has 3 heterocycles. The Morgan fingerprint density at radius 3 is 2.97 bits per heavy atom. The van der Waals surface area contributed by atoms with Crippen LogP contribution in [0.3, 0.4) is 0 Å². The summed E-state index contributed by atoms with van der Waals surface area (Å²) in [7, 11) is 1.46. The molecule has 6 heteroatoms. The largest absolute Gasteiger partial charge is 0.487 e. The van der Waals surface area contributed by atoms with Crippen LogP contribution < -0.4 is 5.32 Å². The van der Waals surface area contributed by atoms with Crippen LogP contribution in [0.15, 0.2) is 42.5 Å². The number of benzene rings is 2. The van der Waals surface area contributed by atoms with E-state index in [1.54, 1.807) is 0 Å². The molecule has 0 aromatic heterocycles. The van der Waals surface area contributed by atoms with Gasteiger partial charge in [0.05, 0.1) is 12.7 Å². The lowest BCUT2D eigenvalue weighted by Crippen LogP contribution is -2.37. The molecular weight excluding hydrogens is 392 g/mol. The first-order chi connectivity index (χ1) is 15.2. The summed E-state index contributed by atoms with van der Waals surface area (Å²) >= 11 is 0. The molecule has 0 radical (unpaired) electrons. The van der Waals surface area contributed by atoms with Gasteiger partial charge in [0.15, 0.2) is 0 Å². The summed E-state index contributed by atoms with van der Waals surface area (Å²) in [4.78, 5) is 26.7. The minimum atomic E-state index is -0.120. The first-order valence-corrected chi connectivity index (χ1v) is 10.9. The maximum Gasteiger partial charge on any atom is 0.323 e. The Hall–Kier alpha value is -3.12. The molecule has 2 aromatic rings. The fourth-order valence-electron chi connectivity index (χ4n) is 4.90. The summed E-state index contributed by atoms with van der Waals surface area (Å²) < 4.78 is 10.9. The number of methoxy groups -OCH3 is 1. The summed E-state index contributed by atoms with van der Waals surface area (Å²) in [5.74, 6) is 0.436. The number of ether oxygens (including phenoxy) is 2. The number of carbonyl (C=O) groups is 2. The molecule has 1 N–H and O–H groups in total. The van der Waals surface area contributed by atoms with Gasteiger partial charge in [0.1, 0.15) is 18.4 Å². The van der Waals surface area contributed by atoms with Gasteiger partial charge in [-0.05, 0) is 50.4 Å². The van der Waals surface area contributed by atoms with E-state index in [-0.39, 0.29) is 17.9 Å². The predicted molar refractivity (Wildman–Crippen MR) is 118 cm³/mol. The Morgan fingerprint density at radius 1 is 1.23 bits per heavy atom. The lowest BCUT2D eigenvalue weighted by atomic mass is 9.98. The number of nitrogens with zero attached hydrogens (tertiary/aromatic N) is 1. The summed E-state index contributed by atoms with van der Waals surface area (Å²) in [5.41, 5.74) is 5.70. The van der Waals surface area contributed by atoms with Crippen LogP contribution in [0.2, 0.25) is 0 Å². The Kier molecular flexibility index (Phi) is 5.24. The molecule has 1 atom stereocenters. The fraction of sp³-hybridized carbons (Fsp3) is 0.360. The van der Waals surface area contributed by atoms with Crippen molar-refractivity contribution in [3.05, 3.63) is 64.7 Å². The molecule has 2 aromatic carbocycles. The van der Waals surface area contributed by atoms with Crippen LogP contribution in [0.4, 0.5) is 5.69 Å². The van der Waals surface area contributed by atoms with Crippen LogP contribution in [0.1, 0.15) is 41.5 Å². The molecule has 0 spiro atoms. The van der Waals surface area contributed by atoms with E-state index in [9.17, 15) is 9.59 Å². The van der Waals surface area contributed by atoms with E-state index in [2.05, 4.69) is 28.4 Å². The lowest BCUT2D eigenvalue weighted by molar-refractivity contribution is -0.145. The van der Waals surface area contributed by atoms with E-state index in [1.807, 2.05) is 24.3 Å². The number of hydrogen-bond acceptors (Lipinski definition) is 5. The van der Waals surface area contributed by atoms with Crippen molar-refractivity contribution in [2.45, 2.75) is 38.3 Å². The molecule has 3 aliphatic rings. The number of likely N-dealkylation sites (tertiary alicyclic amines) is 1. The smallest absolute Gasteiger partial charge is 0.323 e. The monoisotopic (exact) mass is 418 g/mol. The van der Waals surface area contributed by atoms with Gasteiger partial charge >= 0.3 is 5.97 Å². The average Bonchev–Trinajstić information content (AvgIpc) is 3.49. The second kappa shape index (κ2) is 8.19. The number of carbonyl (C=O) groups excluding carboxylic acids is 2. The SMILES string of the molecule is COC(=O)C1CCCN1CCCc1ccc2c(c1)CO/C2=C1/C(=O)Nc2ccccc21. The number of hydrogen-bond donors (Lipinski definition) is 1. The third-order valence-electron chi connectivity index (χ3n) is 6.43. The van der Waals surface area contributed by atoms with Crippen molar-refractivity contribution in [1.82, 2.24) is 4.90 Å². The highest BCUT2D eigenvalue weighted by atomic mass is 16.5. The Bertz CT molecular complexity index is 1070. The molecule has 5 rings (SSSR count). The zero-order chi connectivity index (χ0) is 21.4. The maximum absolute atomic E-state index is 12.6. The Balaban J connectivity index is 1.29. The molecule has 1 saturated heterocycles. The molecule has 1 unspecified atom stereocenters. The van der Waals surface area contributed by atoms with Gasteiger partial charge in [-0.1, -0.05) is 36.4 Å². The number of para-hydroxylation sites is 1. The molecule has 0 bridgehead atoms. The number of fused-ring (bicyclic) bond motifs is 2. The van der Waals surface area contributed by atoms with E-state index in [0.717, 1.165) is 61.2 Å². The van der Waals surface area contributed by atoms with Gasteiger partial charge in [-0.15, -0.1) is 0 Å². The van der Waals surface area contributed by atoms with Gasteiger partial charge in [-0.2, -0.15) is 0 Å². The van der Waals surface area contributed by atoms with E-state index in [1.165, 1.54) is 12.7 Å². The average molecular weight is 418 g/mol. The van der Waals surface area contributed by atoms with Crippen molar-refractivity contribution in [1.29, 1.82) is 0 Å². The molecule has 0 aliphatic carbocycles. The second-order valence-electron chi connectivity index (χ2n) is 8.30. The minimum Gasteiger partial charge on any atom is -0.487 e. The third kappa shape index (κ3) is 3.61. The zero-order valence-electron chi connectivity index (χ0n) is 17.6. The van der Waals surface area contributed by atoms with Crippen molar-refractivity contribution in [3.63, 3.8) is 0 Å². The molecule has 31 heavy (non-hydrogen) atoms. The van der Waals surface area contributed by atoms with Crippen LogP contribution in [0.25, 0.3) is 11.3 Å². The first kappa shape index (κ1) is 19.8. The van der Waals surface area contributed by atoms with E-state index < -0.39 is 0 Å². The number of aryl methyl sites for hydroxylation is 1. The molecule has 0 saturated carbocycles. The fourth-order valence-corrected chi connectivity index (χ4v) is 4.90. The van der Waals surface area contributed by atoms with Crippen molar-refractivity contribution in [2.75, 3.05) is 25.5 Å². The minimum absolute atomic E-state index is 0.0898. The summed E-state index contributed by atoms with van der Waals surface area (Å²) in [6.07, 6.45) is 3.85. The molecule has 3 aliphatic heterocycles. The van der Waals surface area contributed by atoms with Gasteiger partial charge in [0, 0.05) is 22.4 Å². The molecule has 160 valence electrons. The van der Waals surface area contributed by atoms with Crippen LogP contribution in [-0.4, -0.2) is 43.0 Å². The number of amides is 1. The van der Waals surface area contributed by atoms with Crippen molar-refractivity contribution >= 4 is 28.9 Å². The van der Waals surface area contributed by atoms with E-state index in [0.29, 0.717) is 17.9 Å². The standard InChI is InChI=1S/C25H26N2O4/c1-30-25(29)21-9-5-13-27(21)12-4-6-16-10-11-18-17(14-16)15-31-23(18)22-19-7-2-3-8-20(19)26-24(22)28/h2-3,7-8,10-11,14,21H,4-6,9,12-13,15H2,1H3,(H,26,28)/b23-22+. The van der Waals surface area contributed by atoms with Crippen molar-refractivity contribution in [2.24, 2.45) is 0 Å². The first-order valence-electron chi connectivity index (χ1n) is 10.9. The molecular formula is C25H26N2O4. The topological polar surface area (TPSA) is 67.9 Å². The van der Waals surface area contributed by atoms with E-state index in [4.69, 9.17) is 9.47 Å². The third-order valence-corrected chi connectivity index (χ3v) is 6.43. The van der Waals surface area contributed by atoms with E-state index >= 15 is 0 Å². The number of esters is 1. The number of rotatable bonds is 5. The molecule has 6 nitrogen and oxygen atoms in total. The second-order valence-corrected chi connectivity index (χ2v) is 8.30. The van der Waals surface area contributed by atoms with Crippen LogP contribution in [-0.2, 0) is 32.1 Å². The quantitative estimate of drug-likeness (QED) is 0.594. The number of anilines is 1. The lowest BCUT2D eigenvalue weighted by Gasteiger charge is -2.22. The summed E-state index contributed by atoms with van der Waals surface area (Å²) in [6, 6.07) is 14.0. The van der Waals surface area contributed by atoms with Gasteiger partial charge in [0.2, 0.25) is 0 Å². The number of nitrogens with one attached hydrogen (secondary N) is 1. The van der Waals surface area contributed by atoms with Gasteiger partial charge in [-0.25, -0.2) is 0 Å². The van der Waals surface area contributed by atoms with Crippen LogP contribution >= 0.6 is 0 Å². The normalized spacial score (nSPS) is 22.1. The predicted octanol–water partition coefficient (Wildman–Crippen LogP) is 3.61. The van der Waals surface area contributed by atoms with Crippen molar-refractivity contribution in [3.8, 4) is 0 Å². The highest BCUT2D eigenvalue weighted by Gasteiger charge is 2.33. The summed E-state index contributed by atoms with van der Waals surface area (Å²) in [5, 5.41) is 2.92. The Labute approximate surface area is 181 Å². The van der Waals surface area contributed by atoms with Gasteiger partial charge in [0.25, 0.3) is 5.91 Å². The summed E-state index contributed by atoms with van der Waals surface area (Å²) in [6.45, 7) is 2.33. The van der Waals surface area contributed by atoms with Gasteiger partial charge < -0.3 is 14.8 Å². The molecule has 1 amide bonds. The zero-order valence-corrected chi connectivity index (χ0v) is 17.6. The molecule has 1 fully saturated rings. The van der Waals surface area contributed by atoms with Crippen LogP contribution in [0, 0.1) is 0 Å². The maximum atomic E-state index is 12.6.